The molecular weight excluding hydrogens is 142 g/mol. The van der Waals surface area contributed by atoms with Crippen molar-refractivity contribution in [2.75, 3.05) is 32.8 Å². The second kappa shape index (κ2) is 3.19. The Bertz CT molecular complexity index is 163. The Morgan fingerprint density at radius 2 is 2.45 bits per heavy atom. The minimum atomic E-state index is 0.172. The van der Waals surface area contributed by atoms with Gasteiger partial charge in [-0.2, -0.15) is 0 Å². The van der Waals surface area contributed by atoms with Crippen LogP contribution >= 0.6 is 0 Å². The summed E-state index contributed by atoms with van der Waals surface area (Å²) in [7, 11) is 0. The molecule has 0 aromatic rings. The summed E-state index contributed by atoms with van der Waals surface area (Å²) < 4.78 is 5.51. The zero-order valence-corrected chi connectivity index (χ0v) is 6.47. The van der Waals surface area contributed by atoms with Gasteiger partial charge in [0.15, 0.2) is 0 Å². The fraction of sp³-hybridized carbons (Fsp3) is 0.857. The van der Waals surface area contributed by atoms with Crippen LogP contribution in [0.5, 0.6) is 0 Å². The van der Waals surface area contributed by atoms with Crippen molar-refractivity contribution in [3.05, 3.63) is 0 Å². The van der Waals surface area contributed by atoms with E-state index in [2.05, 4.69) is 15.6 Å². The van der Waals surface area contributed by atoms with Crippen LogP contribution in [0.25, 0.3) is 0 Å². The van der Waals surface area contributed by atoms with Crippen LogP contribution in [0.1, 0.15) is 0 Å². The Kier molecular flexibility index (Phi) is 2.05. The van der Waals surface area contributed by atoms with Gasteiger partial charge in [0.2, 0.25) is 0 Å². The van der Waals surface area contributed by atoms with Crippen LogP contribution in [0.15, 0.2) is 4.99 Å². The summed E-state index contributed by atoms with van der Waals surface area (Å²) in [5.41, 5.74) is 0. The fourth-order valence-electron chi connectivity index (χ4n) is 1.37. The number of rotatable bonds is 1. The number of aliphatic imine (C=N–C) groups is 1. The first-order valence-electron chi connectivity index (χ1n) is 4.07. The molecule has 2 aliphatic heterocycles. The lowest BCUT2D eigenvalue weighted by Gasteiger charge is -2.23. The molecule has 0 spiro atoms. The average Bonchev–Trinajstić information content (AvgIpc) is 2.58. The molecule has 2 N–H and O–H groups in total. The number of amidine groups is 1. The predicted octanol–water partition coefficient (Wildman–Crippen LogP) is -1.02. The first-order valence-corrected chi connectivity index (χ1v) is 4.07. The highest BCUT2D eigenvalue weighted by atomic mass is 16.5. The lowest BCUT2D eigenvalue weighted by molar-refractivity contribution is 0.0695. The molecule has 1 atom stereocenters. The van der Waals surface area contributed by atoms with Gasteiger partial charge < -0.3 is 15.4 Å². The van der Waals surface area contributed by atoms with E-state index >= 15 is 0 Å². The first kappa shape index (κ1) is 7.06. The number of morpholine rings is 1. The van der Waals surface area contributed by atoms with Gasteiger partial charge in [-0.25, -0.2) is 0 Å². The summed E-state index contributed by atoms with van der Waals surface area (Å²) >= 11 is 0. The van der Waals surface area contributed by atoms with Crippen molar-refractivity contribution in [2.45, 2.75) is 6.10 Å². The SMILES string of the molecule is C1CNC(C2CNCCO2)=N1. The lowest BCUT2D eigenvalue weighted by Crippen LogP contribution is -2.46. The molecule has 0 radical (unpaired) electrons. The van der Waals surface area contributed by atoms with E-state index in [9.17, 15) is 0 Å². The van der Waals surface area contributed by atoms with Gasteiger partial charge in [-0.3, -0.25) is 4.99 Å². The van der Waals surface area contributed by atoms with Crippen molar-refractivity contribution in [2.24, 2.45) is 4.99 Å². The Hall–Kier alpha value is -0.610. The number of nitrogens with zero attached hydrogens (tertiary/aromatic N) is 1. The highest BCUT2D eigenvalue weighted by Gasteiger charge is 2.20. The molecule has 4 nitrogen and oxygen atoms in total. The highest BCUT2D eigenvalue weighted by molar-refractivity contribution is 5.88. The summed E-state index contributed by atoms with van der Waals surface area (Å²) in [6.07, 6.45) is 0.172. The second-order valence-corrected chi connectivity index (χ2v) is 2.76. The quantitative estimate of drug-likeness (QED) is 0.509. The molecule has 11 heavy (non-hydrogen) atoms. The Morgan fingerprint density at radius 3 is 3.09 bits per heavy atom. The fourth-order valence-corrected chi connectivity index (χ4v) is 1.37. The zero-order valence-electron chi connectivity index (χ0n) is 6.47. The molecule has 0 aromatic heterocycles. The standard InChI is InChI=1S/C7H13N3O/c1-2-10-7(9-1)6-5-8-3-4-11-6/h6,8H,1-5H2,(H,9,10). The van der Waals surface area contributed by atoms with Crippen LogP contribution in [-0.4, -0.2) is 44.7 Å². The van der Waals surface area contributed by atoms with Gasteiger partial charge in [-0.05, 0) is 0 Å². The van der Waals surface area contributed by atoms with Crippen LogP contribution < -0.4 is 10.6 Å². The molecule has 62 valence electrons. The molecule has 1 saturated heterocycles. The summed E-state index contributed by atoms with van der Waals surface area (Å²) in [5.74, 6) is 1.03. The molecule has 2 rings (SSSR count). The highest BCUT2D eigenvalue weighted by Crippen LogP contribution is 2.00. The molecule has 0 bridgehead atoms. The molecule has 4 heteroatoms. The number of hydrogen-bond donors (Lipinski definition) is 2. The molecule has 0 aliphatic carbocycles. The molecule has 1 fully saturated rings. The molecular formula is C7H13N3O. The number of hydrogen-bond acceptors (Lipinski definition) is 4. The van der Waals surface area contributed by atoms with Crippen LogP contribution in [-0.2, 0) is 4.74 Å². The van der Waals surface area contributed by atoms with E-state index in [1.807, 2.05) is 0 Å². The van der Waals surface area contributed by atoms with Crippen molar-refractivity contribution in [3.63, 3.8) is 0 Å². The summed E-state index contributed by atoms with van der Waals surface area (Å²) in [6, 6.07) is 0. The molecule has 0 saturated carbocycles. The molecule has 1 unspecified atom stereocenters. The van der Waals surface area contributed by atoms with E-state index in [4.69, 9.17) is 4.74 Å². The Balaban J connectivity index is 1.92. The minimum absolute atomic E-state index is 0.172. The van der Waals surface area contributed by atoms with E-state index in [1.165, 1.54) is 0 Å². The van der Waals surface area contributed by atoms with Crippen molar-refractivity contribution in [3.8, 4) is 0 Å². The smallest absolute Gasteiger partial charge is 0.127 e. The molecule has 2 aliphatic rings. The van der Waals surface area contributed by atoms with Gasteiger partial charge >= 0.3 is 0 Å². The zero-order chi connectivity index (χ0) is 7.52. The van der Waals surface area contributed by atoms with E-state index in [-0.39, 0.29) is 6.10 Å². The van der Waals surface area contributed by atoms with Crippen LogP contribution in [0.3, 0.4) is 0 Å². The number of ether oxygens (including phenoxy) is 1. The van der Waals surface area contributed by atoms with Crippen LogP contribution in [0, 0.1) is 0 Å². The second-order valence-electron chi connectivity index (χ2n) is 2.76. The van der Waals surface area contributed by atoms with Gasteiger partial charge in [0, 0.05) is 19.6 Å². The number of nitrogens with one attached hydrogen (secondary N) is 2. The lowest BCUT2D eigenvalue weighted by atomic mass is 10.3. The third kappa shape index (κ3) is 1.52. The van der Waals surface area contributed by atoms with Crippen molar-refractivity contribution < 1.29 is 4.74 Å². The first-order chi connectivity index (χ1) is 5.47. The maximum Gasteiger partial charge on any atom is 0.127 e. The van der Waals surface area contributed by atoms with Crippen molar-refractivity contribution in [1.29, 1.82) is 0 Å². The molecule has 0 aromatic carbocycles. The van der Waals surface area contributed by atoms with Gasteiger partial charge in [0.25, 0.3) is 0 Å². The van der Waals surface area contributed by atoms with Crippen LogP contribution in [0.4, 0.5) is 0 Å². The Labute approximate surface area is 66.0 Å². The van der Waals surface area contributed by atoms with Crippen LogP contribution in [0.2, 0.25) is 0 Å². The summed E-state index contributed by atoms with van der Waals surface area (Å²) in [4.78, 5) is 4.30. The predicted molar refractivity (Wildman–Crippen MR) is 42.9 cm³/mol. The maximum absolute atomic E-state index is 5.51. The minimum Gasteiger partial charge on any atom is -0.370 e. The van der Waals surface area contributed by atoms with E-state index in [0.717, 1.165) is 38.6 Å². The monoisotopic (exact) mass is 155 g/mol. The van der Waals surface area contributed by atoms with Crippen molar-refractivity contribution >= 4 is 5.84 Å². The third-order valence-electron chi connectivity index (χ3n) is 1.93. The summed E-state index contributed by atoms with van der Waals surface area (Å²) in [6.45, 7) is 4.52. The van der Waals surface area contributed by atoms with E-state index in [1.54, 1.807) is 0 Å². The van der Waals surface area contributed by atoms with Crippen molar-refractivity contribution in [1.82, 2.24) is 10.6 Å². The maximum atomic E-state index is 5.51. The van der Waals surface area contributed by atoms with Gasteiger partial charge in [0.1, 0.15) is 11.9 Å². The third-order valence-corrected chi connectivity index (χ3v) is 1.93. The summed E-state index contributed by atoms with van der Waals surface area (Å²) in [5, 5.41) is 6.48. The Morgan fingerprint density at radius 1 is 1.45 bits per heavy atom. The molecule has 2 heterocycles. The van der Waals surface area contributed by atoms with E-state index < -0.39 is 0 Å². The average molecular weight is 155 g/mol. The normalized spacial score (nSPS) is 31.3. The largest absolute Gasteiger partial charge is 0.370 e. The van der Waals surface area contributed by atoms with Gasteiger partial charge in [-0.1, -0.05) is 0 Å². The van der Waals surface area contributed by atoms with E-state index in [0.29, 0.717) is 0 Å². The van der Waals surface area contributed by atoms with Gasteiger partial charge in [0.05, 0.1) is 13.2 Å². The van der Waals surface area contributed by atoms with Gasteiger partial charge in [-0.15, -0.1) is 0 Å². The molecule has 0 amide bonds. The topological polar surface area (TPSA) is 45.6 Å².